The standard InChI is InChI=1S/C21H23FN4OS/c1-2-16-7-4-6-10-19(16)26-20(25-11-13-27-14-12-25)23-24-21(26)28-15-17-8-3-5-9-18(17)22/h3-10H,2,11-15H2,1H3. The Morgan fingerprint density at radius 3 is 2.46 bits per heavy atom. The lowest BCUT2D eigenvalue weighted by Crippen LogP contribution is -2.38. The molecule has 0 saturated carbocycles. The molecule has 28 heavy (non-hydrogen) atoms. The fourth-order valence-electron chi connectivity index (χ4n) is 3.32. The van der Waals surface area contributed by atoms with Gasteiger partial charge in [0.05, 0.1) is 18.9 Å². The SMILES string of the molecule is CCc1ccccc1-n1c(SCc2ccccc2F)nnc1N1CCOCC1. The van der Waals surface area contributed by atoms with E-state index in [0.29, 0.717) is 24.5 Å². The third-order valence-electron chi connectivity index (χ3n) is 4.84. The number of aromatic nitrogens is 3. The second-order valence-electron chi connectivity index (χ2n) is 6.58. The average molecular weight is 399 g/mol. The van der Waals surface area contributed by atoms with Crippen LogP contribution in [0.2, 0.25) is 0 Å². The zero-order valence-electron chi connectivity index (χ0n) is 15.8. The van der Waals surface area contributed by atoms with Crippen LogP contribution in [0.1, 0.15) is 18.1 Å². The molecule has 0 aliphatic carbocycles. The molecule has 0 radical (unpaired) electrons. The number of thioether (sulfide) groups is 1. The van der Waals surface area contributed by atoms with Crippen LogP contribution in [0.25, 0.3) is 5.69 Å². The number of anilines is 1. The molecule has 0 atom stereocenters. The molecule has 0 N–H and O–H groups in total. The highest BCUT2D eigenvalue weighted by Crippen LogP contribution is 2.31. The van der Waals surface area contributed by atoms with Crippen molar-refractivity contribution >= 4 is 17.7 Å². The van der Waals surface area contributed by atoms with Gasteiger partial charge in [0, 0.05) is 18.8 Å². The first-order chi connectivity index (χ1) is 13.8. The Bertz CT molecular complexity index is 940. The highest BCUT2D eigenvalue weighted by Gasteiger charge is 2.23. The van der Waals surface area contributed by atoms with Crippen LogP contribution in [0.15, 0.2) is 53.7 Å². The third kappa shape index (κ3) is 3.91. The second-order valence-corrected chi connectivity index (χ2v) is 7.52. The highest BCUT2D eigenvalue weighted by atomic mass is 32.2. The quantitative estimate of drug-likeness (QED) is 0.585. The number of ether oxygens (including phenoxy) is 1. The molecular weight excluding hydrogens is 375 g/mol. The van der Waals surface area contributed by atoms with E-state index < -0.39 is 0 Å². The first-order valence-electron chi connectivity index (χ1n) is 9.50. The fraction of sp³-hybridized carbons (Fsp3) is 0.333. The lowest BCUT2D eigenvalue weighted by Gasteiger charge is -2.28. The van der Waals surface area contributed by atoms with E-state index in [1.807, 2.05) is 24.3 Å². The van der Waals surface area contributed by atoms with Gasteiger partial charge in [-0.2, -0.15) is 0 Å². The molecule has 5 nitrogen and oxygen atoms in total. The molecule has 4 rings (SSSR count). The second kappa shape index (κ2) is 8.75. The summed E-state index contributed by atoms with van der Waals surface area (Å²) in [5, 5.41) is 9.72. The van der Waals surface area contributed by atoms with Gasteiger partial charge in [0.15, 0.2) is 5.16 Å². The number of rotatable bonds is 6. The van der Waals surface area contributed by atoms with E-state index in [0.717, 1.165) is 36.3 Å². The van der Waals surface area contributed by atoms with Crippen LogP contribution in [0.5, 0.6) is 0 Å². The Kier molecular flexibility index (Phi) is 5.92. The van der Waals surface area contributed by atoms with E-state index in [1.54, 1.807) is 6.07 Å². The van der Waals surface area contributed by atoms with Crippen LogP contribution < -0.4 is 4.90 Å². The minimum Gasteiger partial charge on any atom is -0.378 e. The molecule has 1 aromatic heterocycles. The summed E-state index contributed by atoms with van der Waals surface area (Å²) < 4.78 is 21.7. The number of hydrogen-bond acceptors (Lipinski definition) is 5. The van der Waals surface area contributed by atoms with Crippen LogP contribution in [-0.4, -0.2) is 41.1 Å². The number of hydrogen-bond donors (Lipinski definition) is 0. The molecular formula is C21H23FN4OS. The van der Waals surface area contributed by atoms with E-state index in [1.165, 1.54) is 23.4 Å². The van der Waals surface area contributed by atoms with Crippen molar-refractivity contribution in [3.8, 4) is 5.69 Å². The van der Waals surface area contributed by atoms with Crippen LogP contribution in [0, 0.1) is 5.82 Å². The zero-order valence-corrected chi connectivity index (χ0v) is 16.7. The van der Waals surface area contributed by atoms with Gasteiger partial charge in [-0.25, -0.2) is 4.39 Å². The topological polar surface area (TPSA) is 43.2 Å². The number of nitrogens with zero attached hydrogens (tertiary/aromatic N) is 4. The van der Waals surface area contributed by atoms with Crippen molar-refractivity contribution in [3.05, 3.63) is 65.5 Å². The predicted octanol–water partition coefficient (Wildman–Crippen LogP) is 4.10. The maximum absolute atomic E-state index is 14.1. The summed E-state index contributed by atoms with van der Waals surface area (Å²) in [4.78, 5) is 2.20. The Morgan fingerprint density at radius 2 is 1.71 bits per heavy atom. The van der Waals surface area contributed by atoms with Gasteiger partial charge in [-0.05, 0) is 29.7 Å². The van der Waals surface area contributed by atoms with E-state index in [9.17, 15) is 4.39 Å². The Hall–Kier alpha value is -2.38. The molecule has 2 aromatic carbocycles. The largest absolute Gasteiger partial charge is 0.378 e. The van der Waals surface area contributed by atoms with Crippen LogP contribution in [0.3, 0.4) is 0 Å². The van der Waals surface area contributed by atoms with Crippen molar-refractivity contribution in [1.29, 1.82) is 0 Å². The molecule has 0 spiro atoms. The Morgan fingerprint density at radius 1 is 1.00 bits per heavy atom. The molecule has 3 aromatic rings. The summed E-state index contributed by atoms with van der Waals surface area (Å²) in [6, 6.07) is 15.2. The molecule has 1 fully saturated rings. The van der Waals surface area contributed by atoms with Gasteiger partial charge in [0.25, 0.3) is 0 Å². The summed E-state index contributed by atoms with van der Waals surface area (Å²) in [5.74, 6) is 1.13. The molecule has 1 aliphatic rings. The monoisotopic (exact) mass is 398 g/mol. The number of morpholine rings is 1. The zero-order chi connectivity index (χ0) is 19.3. The molecule has 1 saturated heterocycles. The first kappa shape index (κ1) is 19.0. The smallest absolute Gasteiger partial charge is 0.232 e. The van der Waals surface area contributed by atoms with Crippen molar-refractivity contribution in [3.63, 3.8) is 0 Å². The van der Waals surface area contributed by atoms with Gasteiger partial charge in [0.1, 0.15) is 5.82 Å². The Balaban J connectivity index is 1.71. The van der Waals surface area contributed by atoms with Crippen LogP contribution in [-0.2, 0) is 16.9 Å². The lowest BCUT2D eigenvalue weighted by atomic mass is 10.1. The van der Waals surface area contributed by atoms with Crippen molar-refractivity contribution in [2.45, 2.75) is 24.3 Å². The van der Waals surface area contributed by atoms with Gasteiger partial charge >= 0.3 is 0 Å². The van der Waals surface area contributed by atoms with Crippen molar-refractivity contribution < 1.29 is 9.13 Å². The number of para-hydroxylation sites is 1. The molecule has 1 aliphatic heterocycles. The van der Waals surface area contributed by atoms with Gasteiger partial charge in [0.2, 0.25) is 5.95 Å². The van der Waals surface area contributed by atoms with Crippen LogP contribution >= 0.6 is 11.8 Å². The maximum Gasteiger partial charge on any atom is 0.232 e. The van der Waals surface area contributed by atoms with E-state index >= 15 is 0 Å². The lowest BCUT2D eigenvalue weighted by molar-refractivity contribution is 0.122. The van der Waals surface area contributed by atoms with E-state index in [4.69, 9.17) is 4.74 Å². The van der Waals surface area contributed by atoms with Crippen molar-refractivity contribution in [2.24, 2.45) is 0 Å². The highest BCUT2D eigenvalue weighted by molar-refractivity contribution is 7.98. The molecule has 146 valence electrons. The van der Waals surface area contributed by atoms with E-state index in [2.05, 4.69) is 38.7 Å². The molecule has 0 bridgehead atoms. The minimum atomic E-state index is -0.191. The van der Waals surface area contributed by atoms with Crippen LogP contribution in [0.4, 0.5) is 10.3 Å². The number of benzene rings is 2. The fourth-order valence-corrected chi connectivity index (χ4v) is 4.25. The molecule has 0 unspecified atom stereocenters. The third-order valence-corrected chi connectivity index (χ3v) is 5.82. The summed E-state index contributed by atoms with van der Waals surface area (Å²) in [5.41, 5.74) is 2.97. The van der Waals surface area contributed by atoms with Gasteiger partial charge in [-0.15, -0.1) is 10.2 Å². The van der Waals surface area contributed by atoms with Gasteiger partial charge in [-0.1, -0.05) is 55.1 Å². The molecule has 0 amide bonds. The molecule has 2 heterocycles. The number of halogens is 1. The summed E-state index contributed by atoms with van der Waals surface area (Å²) in [6.45, 7) is 5.07. The number of aryl methyl sites for hydroxylation is 1. The first-order valence-corrected chi connectivity index (χ1v) is 10.5. The normalized spacial score (nSPS) is 14.4. The van der Waals surface area contributed by atoms with Crippen molar-refractivity contribution in [1.82, 2.24) is 14.8 Å². The summed E-state index contributed by atoms with van der Waals surface area (Å²) in [7, 11) is 0. The summed E-state index contributed by atoms with van der Waals surface area (Å²) in [6.07, 6.45) is 0.911. The van der Waals surface area contributed by atoms with Crippen molar-refractivity contribution in [2.75, 3.05) is 31.2 Å². The summed E-state index contributed by atoms with van der Waals surface area (Å²) >= 11 is 1.50. The van der Waals surface area contributed by atoms with Gasteiger partial charge < -0.3 is 9.64 Å². The Labute approximate surface area is 168 Å². The molecule has 7 heteroatoms. The predicted molar refractivity (Wildman–Crippen MR) is 110 cm³/mol. The van der Waals surface area contributed by atoms with E-state index in [-0.39, 0.29) is 5.82 Å². The minimum absolute atomic E-state index is 0.191. The maximum atomic E-state index is 14.1. The average Bonchev–Trinajstić information content (AvgIpc) is 3.17. The van der Waals surface area contributed by atoms with Gasteiger partial charge in [-0.3, -0.25) is 4.57 Å².